The Kier molecular flexibility index (Phi) is 5.66. The molecule has 0 saturated carbocycles. The maximum atomic E-state index is 5.00. The lowest BCUT2D eigenvalue weighted by Crippen LogP contribution is -2.46. The van der Waals surface area contributed by atoms with E-state index in [2.05, 4.69) is 33.1 Å². The fourth-order valence-electron chi connectivity index (χ4n) is 2.26. The molecule has 2 rings (SSSR count). The molecule has 5 nitrogen and oxygen atoms in total. The van der Waals surface area contributed by atoms with Gasteiger partial charge in [0.2, 0.25) is 5.89 Å². The van der Waals surface area contributed by atoms with Crippen LogP contribution < -0.4 is 0 Å². The molecule has 1 aliphatic heterocycles. The molecule has 0 amide bonds. The zero-order valence-electron chi connectivity index (χ0n) is 12.1. The van der Waals surface area contributed by atoms with Gasteiger partial charge in [-0.1, -0.05) is 12.1 Å². The molecule has 2 heterocycles. The van der Waals surface area contributed by atoms with E-state index in [0.717, 1.165) is 43.8 Å². The lowest BCUT2D eigenvalue weighted by atomic mass is 10.2. The van der Waals surface area contributed by atoms with E-state index in [9.17, 15) is 0 Å². The third-order valence-corrected chi connectivity index (χ3v) is 4.69. The van der Waals surface area contributed by atoms with Crippen LogP contribution in [-0.2, 0) is 6.54 Å². The van der Waals surface area contributed by atoms with Crippen LogP contribution in [0.2, 0.25) is 0 Å². The number of piperazine rings is 1. The van der Waals surface area contributed by atoms with Crippen molar-refractivity contribution in [3.05, 3.63) is 11.7 Å². The van der Waals surface area contributed by atoms with E-state index in [1.54, 1.807) is 0 Å². The standard InChI is InChI=1S/C13H24N4OS/c1-11(19-3)4-5-16-6-8-17(9-7-16)10-13-14-12(2)18-15-13/h11H,4-10H2,1-3H3/t11-/m0/s1. The molecule has 0 aliphatic carbocycles. The summed E-state index contributed by atoms with van der Waals surface area (Å²) in [5.41, 5.74) is 0. The molecule has 0 radical (unpaired) electrons. The van der Waals surface area contributed by atoms with Gasteiger partial charge in [0.15, 0.2) is 5.82 Å². The van der Waals surface area contributed by atoms with Gasteiger partial charge in [0.25, 0.3) is 0 Å². The van der Waals surface area contributed by atoms with Crippen molar-refractivity contribution in [2.45, 2.75) is 32.1 Å². The smallest absolute Gasteiger partial charge is 0.223 e. The minimum Gasteiger partial charge on any atom is -0.340 e. The van der Waals surface area contributed by atoms with Gasteiger partial charge < -0.3 is 9.42 Å². The molecule has 1 aromatic heterocycles. The molecule has 1 fully saturated rings. The number of hydrogen-bond acceptors (Lipinski definition) is 6. The highest BCUT2D eigenvalue weighted by atomic mass is 32.2. The van der Waals surface area contributed by atoms with Crippen LogP contribution in [0.15, 0.2) is 4.52 Å². The molecule has 1 atom stereocenters. The van der Waals surface area contributed by atoms with Crippen LogP contribution in [0.3, 0.4) is 0 Å². The Hall–Kier alpha value is -0.590. The molecule has 19 heavy (non-hydrogen) atoms. The van der Waals surface area contributed by atoms with Gasteiger partial charge in [0.05, 0.1) is 6.54 Å². The fraction of sp³-hybridized carbons (Fsp3) is 0.846. The molecule has 1 aromatic rings. The average Bonchev–Trinajstić information content (AvgIpc) is 2.83. The van der Waals surface area contributed by atoms with Gasteiger partial charge >= 0.3 is 0 Å². The van der Waals surface area contributed by atoms with Crippen LogP contribution >= 0.6 is 11.8 Å². The van der Waals surface area contributed by atoms with Crippen molar-refractivity contribution >= 4 is 11.8 Å². The van der Waals surface area contributed by atoms with Crippen LogP contribution in [0, 0.1) is 6.92 Å². The maximum absolute atomic E-state index is 5.00. The summed E-state index contributed by atoms with van der Waals surface area (Å²) < 4.78 is 5.00. The highest BCUT2D eigenvalue weighted by Gasteiger charge is 2.18. The van der Waals surface area contributed by atoms with Crippen LogP contribution in [0.25, 0.3) is 0 Å². The van der Waals surface area contributed by atoms with E-state index in [1.165, 1.54) is 13.0 Å². The molecule has 0 aromatic carbocycles. The molecular weight excluding hydrogens is 260 g/mol. The monoisotopic (exact) mass is 284 g/mol. The number of hydrogen-bond donors (Lipinski definition) is 0. The summed E-state index contributed by atoms with van der Waals surface area (Å²) in [7, 11) is 0. The molecule has 0 spiro atoms. The number of aryl methyl sites for hydroxylation is 1. The zero-order valence-corrected chi connectivity index (χ0v) is 12.9. The first kappa shape index (κ1) is 14.8. The second kappa shape index (κ2) is 7.26. The van der Waals surface area contributed by atoms with Crippen molar-refractivity contribution < 1.29 is 4.52 Å². The Morgan fingerprint density at radius 3 is 2.53 bits per heavy atom. The van der Waals surface area contributed by atoms with Crippen molar-refractivity contribution in [3.63, 3.8) is 0 Å². The third kappa shape index (κ3) is 4.78. The highest BCUT2D eigenvalue weighted by Crippen LogP contribution is 2.12. The summed E-state index contributed by atoms with van der Waals surface area (Å²) >= 11 is 1.95. The molecule has 1 saturated heterocycles. The zero-order chi connectivity index (χ0) is 13.7. The Labute approximate surface area is 119 Å². The largest absolute Gasteiger partial charge is 0.340 e. The van der Waals surface area contributed by atoms with Gasteiger partial charge in [0, 0.05) is 38.4 Å². The van der Waals surface area contributed by atoms with E-state index >= 15 is 0 Å². The Morgan fingerprint density at radius 1 is 1.26 bits per heavy atom. The molecule has 0 N–H and O–H groups in total. The van der Waals surface area contributed by atoms with Gasteiger partial charge in [-0.2, -0.15) is 16.7 Å². The first-order valence-corrected chi connectivity index (χ1v) is 8.23. The van der Waals surface area contributed by atoms with Gasteiger partial charge in [-0.3, -0.25) is 4.90 Å². The van der Waals surface area contributed by atoms with E-state index < -0.39 is 0 Å². The normalized spacial score (nSPS) is 19.7. The topological polar surface area (TPSA) is 45.4 Å². The van der Waals surface area contributed by atoms with Crippen molar-refractivity contribution in [2.24, 2.45) is 0 Å². The number of nitrogens with zero attached hydrogens (tertiary/aromatic N) is 4. The molecule has 108 valence electrons. The first-order chi connectivity index (χ1) is 9.17. The number of aromatic nitrogens is 2. The quantitative estimate of drug-likeness (QED) is 0.791. The van der Waals surface area contributed by atoms with E-state index in [-0.39, 0.29) is 0 Å². The van der Waals surface area contributed by atoms with E-state index in [4.69, 9.17) is 4.52 Å². The molecule has 0 bridgehead atoms. The van der Waals surface area contributed by atoms with E-state index in [0.29, 0.717) is 5.89 Å². The first-order valence-electron chi connectivity index (χ1n) is 6.94. The summed E-state index contributed by atoms with van der Waals surface area (Å²) in [4.78, 5) is 9.22. The van der Waals surface area contributed by atoms with E-state index in [1.807, 2.05) is 18.7 Å². The van der Waals surface area contributed by atoms with Gasteiger partial charge in [0.1, 0.15) is 0 Å². The van der Waals surface area contributed by atoms with Gasteiger partial charge in [-0.25, -0.2) is 0 Å². The fourth-order valence-corrected chi connectivity index (χ4v) is 2.60. The summed E-state index contributed by atoms with van der Waals surface area (Å²) in [6.45, 7) is 10.7. The summed E-state index contributed by atoms with van der Waals surface area (Å²) in [6, 6.07) is 0. The summed E-state index contributed by atoms with van der Waals surface area (Å²) in [5.74, 6) is 1.46. The number of thioether (sulfide) groups is 1. The molecule has 6 heteroatoms. The van der Waals surface area contributed by atoms with Crippen LogP contribution in [-0.4, -0.2) is 64.2 Å². The van der Waals surface area contributed by atoms with Crippen LogP contribution in [0.4, 0.5) is 0 Å². The predicted octanol–water partition coefficient (Wildman–Crippen LogP) is 1.64. The predicted molar refractivity (Wildman–Crippen MR) is 78.3 cm³/mol. The Bertz CT molecular complexity index is 376. The van der Waals surface area contributed by atoms with Crippen molar-refractivity contribution in [1.82, 2.24) is 19.9 Å². The van der Waals surface area contributed by atoms with Gasteiger partial charge in [-0.05, 0) is 19.2 Å². The minimum atomic E-state index is 0.652. The molecular formula is C13H24N4OS. The van der Waals surface area contributed by atoms with Crippen molar-refractivity contribution in [3.8, 4) is 0 Å². The summed E-state index contributed by atoms with van der Waals surface area (Å²) in [5, 5.41) is 4.72. The molecule has 0 unspecified atom stereocenters. The average molecular weight is 284 g/mol. The van der Waals surface area contributed by atoms with Crippen LogP contribution in [0.5, 0.6) is 0 Å². The lowest BCUT2D eigenvalue weighted by molar-refractivity contribution is 0.123. The van der Waals surface area contributed by atoms with Gasteiger partial charge in [-0.15, -0.1) is 0 Å². The Balaban J connectivity index is 1.67. The summed E-state index contributed by atoms with van der Waals surface area (Å²) in [6.07, 6.45) is 3.47. The lowest BCUT2D eigenvalue weighted by Gasteiger charge is -2.34. The maximum Gasteiger partial charge on any atom is 0.223 e. The third-order valence-electron chi connectivity index (χ3n) is 3.65. The minimum absolute atomic E-state index is 0.652. The second-order valence-corrected chi connectivity index (χ2v) is 6.46. The highest BCUT2D eigenvalue weighted by molar-refractivity contribution is 7.99. The second-order valence-electron chi connectivity index (χ2n) is 5.18. The van der Waals surface area contributed by atoms with Crippen LogP contribution in [0.1, 0.15) is 25.1 Å². The Morgan fingerprint density at radius 2 is 1.95 bits per heavy atom. The molecule has 1 aliphatic rings. The van der Waals surface area contributed by atoms with Crippen molar-refractivity contribution in [1.29, 1.82) is 0 Å². The van der Waals surface area contributed by atoms with Crippen molar-refractivity contribution in [2.75, 3.05) is 39.0 Å². The SMILES string of the molecule is CS[C@@H](C)CCN1CCN(Cc2noc(C)n2)CC1. The number of rotatable bonds is 6.